The van der Waals surface area contributed by atoms with Gasteiger partial charge in [0.15, 0.2) is 11.6 Å². The average molecular weight is 446 g/mol. The van der Waals surface area contributed by atoms with E-state index in [1.807, 2.05) is 25.1 Å². The SMILES string of the molecule is Cc1ncc(CO)c2c1Oc1nc(-c3cccc(F)c3)nc(SCc3ccccc3)c1C2. The Balaban J connectivity index is 1.60. The third kappa shape index (κ3) is 3.97. The Bertz CT molecular complexity index is 1300. The Labute approximate surface area is 189 Å². The average Bonchev–Trinajstić information content (AvgIpc) is 2.82. The van der Waals surface area contributed by atoms with Crippen LogP contribution < -0.4 is 4.74 Å². The lowest BCUT2D eigenvalue weighted by Crippen LogP contribution is -2.13. The molecule has 1 N–H and O–H groups in total. The molecule has 0 aliphatic carbocycles. The minimum Gasteiger partial charge on any atom is -0.436 e. The van der Waals surface area contributed by atoms with Gasteiger partial charge in [-0.05, 0) is 24.6 Å². The molecule has 2 aromatic carbocycles. The Hall–Kier alpha value is -3.29. The van der Waals surface area contributed by atoms with E-state index in [1.54, 1.807) is 30.1 Å². The molecule has 160 valence electrons. The number of aromatic nitrogens is 3. The van der Waals surface area contributed by atoms with Gasteiger partial charge in [-0.1, -0.05) is 42.5 Å². The predicted molar refractivity (Wildman–Crippen MR) is 121 cm³/mol. The smallest absolute Gasteiger partial charge is 0.227 e. The second-order valence-corrected chi connectivity index (χ2v) is 8.50. The number of fused-ring (bicyclic) bond motifs is 2. The van der Waals surface area contributed by atoms with Crippen molar-refractivity contribution in [3.05, 3.63) is 94.6 Å². The summed E-state index contributed by atoms with van der Waals surface area (Å²) in [7, 11) is 0. The van der Waals surface area contributed by atoms with Crippen LogP contribution in [0.1, 0.15) is 27.9 Å². The van der Waals surface area contributed by atoms with Gasteiger partial charge in [0.05, 0.1) is 17.9 Å². The maximum absolute atomic E-state index is 13.9. The molecule has 4 aromatic rings. The maximum Gasteiger partial charge on any atom is 0.227 e. The molecule has 0 fully saturated rings. The molecule has 0 bridgehead atoms. The lowest BCUT2D eigenvalue weighted by Gasteiger charge is -2.24. The van der Waals surface area contributed by atoms with Crippen LogP contribution >= 0.6 is 11.8 Å². The number of halogens is 1. The van der Waals surface area contributed by atoms with Gasteiger partial charge in [0.25, 0.3) is 0 Å². The molecular formula is C25H20FN3O2S. The van der Waals surface area contributed by atoms with Crippen LogP contribution in [-0.2, 0) is 18.8 Å². The number of hydrogen-bond acceptors (Lipinski definition) is 6. The largest absolute Gasteiger partial charge is 0.436 e. The van der Waals surface area contributed by atoms with Gasteiger partial charge in [-0.15, -0.1) is 11.8 Å². The zero-order valence-corrected chi connectivity index (χ0v) is 18.2. The summed E-state index contributed by atoms with van der Waals surface area (Å²) in [4.78, 5) is 13.8. The van der Waals surface area contributed by atoms with E-state index in [9.17, 15) is 9.50 Å². The second-order valence-electron chi connectivity index (χ2n) is 7.53. The zero-order chi connectivity index (χ0) is 22.1. The normalized spacial score (nSPS) is 12.1. The zero-order valence-electron chi connectivity index (χ0n) is 17.4. The van der Waals surface area contributed by atoms with E-state index in [0.29, 0.717) is 29.4 Å². The lowest BCUT2D eigenvalue weighted by atomic mass is 9.99. The number of hydrogen-bond donors (Lipinski definition) is 1. The molecular weight excluding hydrogens is 425 g/mol. The molecule has 0 unspecified atom stereocenters. The van der Waals surface area contributed by atoms with Crippen LogP contribution in [0.25, 0.3) is 11.4 Å². The van der Waals surface area contributed by atoms with Gasteiger partial charge < -0.3 is 9.84 Å². The van der Waals surface area contributed by atoms with Crippen molar-refractivity contribution in [2.24, 2.45) is 0 Å². The minimum absolute atomic E-state index is 0.122. The highest BCUT2D eigenvalue weighted by Crippen LogP contribution is 2.43. The van der Waals surface area contributed by atoms with E-state index in [4.69, 9.17) is 9.72 Å². The van der Waals surface area contributed by atoms with Crippen molar-refractivity contribution >= 4 is 11.8 Å². The number of ether oxygens (including phenoxy) is 1. The van der Waals surface area contributed by atoms with Gasteiger partial charge in [0, 0.05) is 35.1 Å². The van der Waals surface area contributed by atoms with Crippen LogP contribution in [0.5, 0.6) is 11.6 Å². The van der Waals surface area contributed by atoms with E-state index in [1.165, 1.54) is 17.7 Å². The molecule has 0 radical (unpaired) electrons. The lowest BCUT2D eigenvalue weighted by molar-refractivity contribution is 0.278. The van der Waals surface area contributed by atoms with Crippen LogP contribution in [0, 0.1) is 12.7 Å². The highest BCUT2D eigenvalue weighted by molar-refractivity contribution is 7.98. The van der Waals surface area contributed by atoms with E-state index in [2.05, 4.69) is 22.1 Å². The van der Waals surface area contributed by atoms with E-state index in [0.717, 1.165) is 33.2 Å². The monoisotopic (exact) mass is 445 g/mol. The number of rotatable bonds is 5. The summed E-state index contributed by atoms with van der Waals surface area (Å²) >= 11 is 1.59. The van der Waals surface area contributed by atoms with Gasteiger partial charge in [-0.3, -0.25) is 4.98 Å². The topological polar surface area (TPSA) is 68.1 Å². The molecule has 0 amide bonds. The van der Waals surface area contributed by atoms with Crippen LogP contribution in [0.2, 0.25) is 0 Å². The fraction of sp³-hybridized carbons (Fsp3) is 0.160. The molecule has 7 heteroatoms. The van der Waals surface area contributed by atoms with Crippen molar-refractivity contribution in [2.75, 3.05) is 0 Å². The number of aliphatic hydroxyl groups excluding tert-OH is 1. The number of thioether (sulfide) groups is 1. The molecule has 1 aliphatic heterocycles. The Kier molecular flexibility index (Phi) is 5.59. The molecule has 5 nitrogen and oxygen atoms in total. The third-order valence-corrected chi connectivity index (χ3v) is 6.45. The first kappa shape index (κ1) is 20.6. The first-order valence-electron chi connectivity index (χ1n) is 10.2. The fourth-order valence-corrected chi connectivity index (χ4v) is 4.68. The molecule has 1 aliphatic rings. The van der Waals surface area contributed by atoms with Crippen molar-refractivity contribution in [1.82, 2.24) is 15.0 Å². The standard InChI is InChI=1S/C25H20FN3O2S/c1-15-22-20(18(13-30)12-27-15)11-21-24(31-22)28-23(17-8-5-9-19(26)10-17)29-25(21)32-14-16-6-3-2-4-7-16/h2-10,12,30H,11,13-14H2,1H3. The highest BCUT2D eigenvalue weighted by atomic mass is 32.2. The molecule has 3 heterocycles. The van der Waals surface area contributed by atoms with Crippen molar-refractivity contribution in [2.45, 2.75) is 30.7 Å². The first-order chi connectivity index (χ1) is 15.6. The summed E-state index contributed by atoms with van der Waals surface area (Å²) in [5.41, 5.74) is 4.97. The van der Waals surface area contributed by atoms with Crippen LogP contribution in [-0.4, -0.2) is 20.1 Å². The summed E-state index contributed by atoms with van der Waals surface area (Å²) in [6.07, 6.45) is 2.21. The summed E-state index contributed by atoms with van der Waals surface area (Å²) < 4.78 is 20.1. The Morgan fingerprint density at radius 3 is 2.69 bits per heavy atom. The molecule has 0 spiro atoms. The number of aryl methyl sites for hydroxylation is 1. The van der Waals surface area contributed by atoms with Crippen molar-refractivity contribution in [3.8, 4) is 23.0 Å². The Morgan fingerprint density at radius 1 is 1.06 bits per heavy atom. The molecule has 5 rings (SSSR count). The summed E-state index contributed by atoms with van der Waals surface area (Å²) in [5, 5.41) is 10.6. The number of pyridine rings is 1. The van der Waals surface area contributed by atoms with Gasteiger partial charge in [-0.25, -0.2) is 9.37 Å². The molecule has 2 aromatic heterocycles. The Morgan fingerprint density at radius 2 is 1.91 bits per heavy atom. The summed E-state index contributed by atoms with van der Waals surface area (Å²) in [6, 6.07) is 16.4. The highest BCUT2D eigenvalue weighted by Gasteiger charge is 2.27. The van der Waals surface area contributed by atoms with Crippen LogP contribution in [0.4, 0.5) is 4.39 Å². The molecule has 32 heavy (non-hydrogen) atoms. The first-order valence-corrected chi connectivity index (χ1v) is 11.2. The van der Waals surface area contributed by atoms with Gasteiger partial charge in [0.1, 0.15) is 10.8 Å². The molecule has 0 atom stereocenters. The number of nitrogens with zero attached hydrogens (tertiary/aromatic N) is 3. The van der Waals surface area contributed by atoms with E-state index >= 15 is 0 Å². The van der Waals surface area contributed by atoms with Crippen molar-refractivity contribution in [1.29, 1.82) is 0 Å². The molecule has 0 saturated heterocycles. The maximum atomic E-state index is 13.9. The minimum atomic E-state index is -0.346. The van der Waals surface area contributed by atoms with E-state index < -0.39 is 0 Å². The van der Waals surface area contributed by atoms with Crippen LogP contribution in [0.15, 0.2) is 65.8 Å². The van der Waals surface area contributed by atoms with Gasteiger partial charge >= 0.3 is 0 Å². The van der Waals surface area contributed by atoms with Crippen molar-refractivity contribution in [3.63, 3.8) is 0 Å². The van der Waals surface area contributed by atoms with Gasteiger partial charge in [0.2, 0.25) is 5.88 Å². The second kappa shape index (κ2) is 8.68. The summed E-state index contributed by atoms with van der Waals surface area (Å²) in [6.45, 7) is 1.74. The van der Waals surface area contributed by atoms with E-state index in [-0.39, 0.29) is 12.4 Å². The molecule has 0 saturated carbocycles. The summed E-state index contributed by atoms with van der Waals surface area (Å²) in [5.74, 6) is 1.85. The van der Waals surface area contributed by atoms with Crippen molar-refractivity contribution < 1.29 is 14.2 Å². The van der Waals surface area contributed by atoms with Gasteiger partial charge in [-0.2, -0.15) is 4.98 Å². The number of benzene rings is 2. The van der Waals surface area contributed by atoms with Crippen LogP contribution in [0.3, 0.4) is 0 Å². The third-order valence-electron chi connectivity index (χ3n) is 5.36. The fourth-order valence-electron chi connectivity index (χ4n) is 3.70. The predicted octanol–water partition coefficient (Wildman–Crippen LogP) is 5.47. The quantitative estimate of drug-likeness (QED) is 0.286. The number of aliphatic hydroxyl groups is 1.